The van der Waals surface area contributed by atoms with Crippen LogP contribution in [0.25, 0.3) is 0 Å². The molecule has 1 aromatic carbocycles. The molecular weight excluding hydrogens is 202 g/mol. The zero-order valence-corrected chi connectivity index (χ0v) is 9.24. The van der Waals surface area contributed by atoms with Gasteiger partial charge in [-0.15, -0.1) is 10.2 Å². The van der Waals surface area contributed by atoms with Crippen LogP contribution in [0.4, 0.5) is 0 Å². The van der Waals surface area contributed by atoms with Gasteiger partial charge >= 0.3 is 0 Å². The van der Waals surface area contributed by atoms with Crippen LogP contribution < -0.4 is 5.73 Å². The monoisotopic (exact) mass is 217 g/mol. The fraction of sp³-hybridized carbons (Fsp3) is 0.364. The molecule has 0 spiro atoms. The largest absolute Gasteiger partial charge is 0.330 e. The lowest BCUT2D eigenvalue weighted by Gasteiger charge is -2.00. The summed E-state index contributed by atoms with van der Waals surface area (Å²) >= 11 is 0. The molecular formula is C11H15N5. The maximum atomic E-state index is 5.55. The van der Waals surface area contributed by atoms with Crippen molar-refractivity contribution in [3.05, 3.63) is 41.7 Å². The predicted octanol–water partition coefficient (Wildman–Crippen LogP) is 0.784. The van der Waals surface area contributed by atoms with Gasteiger partial charge in [0.1, 0.15) is 0 Å². The Morgan fingerprint density at radius 1 is 1.31 bits per heavy atom. The molecule has 2 rings (SSSR count). The van der Waals surface area contributed by atoms with Crippen molar-refractivity contribution < 1.29 is 0 Å². The number of rotatable bonds is 4. The van der Waals surface area contributed by atoms with Gasteiger partial charge in [-0.25, -0.2) is 0 Å². The molecule has 5 nitrogen and oxygen atoms in total. The van der Waals surface area contributed by atoms with Crippen LogP contribution in [0.5, 0.6) is 0 Å². The highest BCUT2D eigenvalue weighted by Gasteiger charge is 2.09. The average Bonchev–Trinajstić information content (AvgIpc) is 2.78. The van der Waals surface area contributed by atoms with Crippen molar-refractivity contribution in [2.45, 2.75) is 19.4 Å². The molecule has 1 heterocycles. The van der Waals surface area contributed by atoms with Gasteiger partial charge in [0.2, 0.25) is 0 Å². The number of nitrogens with two attached hydrogens (primary N) is 1. The second-order valence-corrected chi connectivity index (χ2v) is 3.80. The molecule has 0 saturated carbocycles. The topological polar surface area (TPSA) is 69.6 Å². The molecule has 0 radical (unpaired) electrons. The van der Waals surface area contributed by atoms with Crippen LogP contribution in [-0.2, 0) is 6.54 Å². The van der Waals surface area contributed by atoms with Crippen LogP contribution in [0, 0.1) is 0 Å². The minimum Gasteiger partial charge on any atom is -0.330 e. The summed E-state index contributed by atoms with van der Waals surface area (Å²) in [5, 5.41) is 12.3. The van der Waals surface area contributed by atoms with E-state index in [1.165, 1.54) is 0 Å². The lowest BCUT2D eigenvalue weighted by molar-refractivity contribution is 0.567. The molecule has 2 N–H and O–H groups in total. The third-order valence-corrected chi connectivity index (χ3v) is 2.43. The van der Waals surface area contributed by atoms with E-state index in [2.05, 4.69) is 15.4 Å². The first-order chi connectivity index (χ1) is 7.79. The van der Waals surface area contributed by atoms with Gasteiger partial charge in [0.25, 0.3) is 0 Å². The molecule has 16 heavy (non-hydrogen) atoms. The van der Waals surface area contributed by atoms with E-state index in [4.69, 9.17) is 5.73 Å². The molecule has 1 unspecified atom stereocenters. The molecule has 84 valence electrons. The van der Waals surface area contributed by atoms with Gasteiger partial charge in [-0.1, -0.05) is 37.3 Å². The predicted molar refractivity (Wildman–Crippen MR) is 60.8 cm³/mol. The molecule has 0 bridgehead atoms. The lowest BCUT2D eigenvalue weighted by atomic mass is 10.2. The van der Waals surface area contributed by atoms with Gasteiger partial charge in [-0.2, -0.15) is 4.80 Å². The first-order valence-electron chi connectivity index (χ1n) is 5.31. The average molecular weight is 217 g/mol. The Morgan fingerprint density at radius 3 is 2.75 bits per heavy atom. The number of aromatic nitrogens is 4. The standard InChI is InChI=1S/C11H15N5/c1-9(7-12)11-13-15-16(14-11)8-10-5-3-2-4-6-10/h2-6,9H,7-8,12H2,1H3. The van der Waals surface area contributed by atoms with E-state index in [1.807, 2.05) is 37.3 Å². The number of nitrogens with zero attached hydrogens (tertiary/aromatic N) is 4. The van der Waals surface area contributed by atoms with Crippen molar-refractivity contribution in [3.63, 3.8) is 0 Å². The van der Waals surface area contributed by atoms with E-state index in [-0.39, 0.29) is 5.92 Å². The number of hydrogen-bond donors (Lipinski definition) is 1. The highest BCUT2D eigenvalue weighted by molar-refractivity contribution is 5.14. The van der Waals surface area contributed by atoms with Crippen LogP contribution in [-0.4, -0.2) is 26.8 Å². The van der Waals surface area contributed by atoms with Crippen LogP contribution in [0.2, 0.25) is 0 Å². The first-order valence-corrected chi connectivity index (χ1v) is 5.31. The molecule has 1 atom stereocenters. The van der Waals surface area contributed by atoms with Crippen LogP contribution in [0.15, 0.2) is 30.3 Å². The summed E-state index contributed by atoms with van der Waals surface area (Å²) < 4.78 is 0. The molecule has 0 aliphatic heterocycles. The van der Waals surface area contributed by atoms with E-state index in [1.54, 1.807) is 4.80 Å². The summed E-state index contributed by atoms with van der Waals surface area (Å²) in [5.74, 6) is 0.864. The van der Waals surface area contributed by atoms with Crippen molar-refractivity contribution >= 4 is 0 Å². The van der Waals surface area contributed by atoms with Crippen molar-refractivity contribution in [1.82, 2.24) is 20.2 Å². The molecule has 0 aliphatic carbocycles. The fourth-order valence-electron chi connectivity index (χ4n) is 1.37. The Balaban J connectivity index is 2.09. The number of hydrogen-bond acceptors (Lipinski definition) is 4. The highest BCUT2D eigenvalue weighted by Crippen LogP contribution is 2.06. The van der Waals surface area contributed by atoms with Gasteiger partial charge in [0, 0.05) is 12.5 Å². The Bertz CT molecular complexity index is 437. The first kappa shape index (κ1) is 10.8. The zero-order chi connectivity index (χ0) is 11.4. The van der Waals surface area contributed by atoms with Crippen molar-refractivity contribution in [2.24, 2.45) is 5.73 Å². The lowest BCUT2D eigenvalue weighted by Crippen LogP contribution is -2.11. The summed E-state index contributed by atoms with van der Waals surface area (Å²) in [6, 6.07) is 10.1. The van der Waals surface area contributed by atoms with Crippen LogP contribution in [0.1, 0.15) is 24.2 Å². The second kappa shape index (κ2) is 4.85. The van der Waals surface area contributed by atoms with E-state index < -0.39 is 0 Å². The molecule has 0 fully saturated rings. The maximum absolute atomic E-state index is 5.55. The SMILES string of the molecule is CC(CN)c1nnn(Cc2ccccc2)n1. The molecule has 0 saturated heterocycles. The summed E-state index contributed by atoms with van der Waals surface area (Å²) in [7, 11) is 0. The van der Waals surface area contributed by atoms with Crippen molar-refractivity contribution in [2.75, 3.05) is 6.54 Å². The Morgan fingerprint density at radius 2 is 2.06 bits per heavy atom. The minimum atomic E-state index is 0.157. The van der Waals surface area contributed by atoms with Gasteiger partial charge in [0.15, 0.2) is 5.82 Å². The number of tetrazole rings is 1. The van der Waals surface area contributed by atoms with E-state index in [0.29, 0.717) is 18.9 Å². The van der Waals surface area contributed by atoms with Crippen LogP contribution >= 0.6 is 0 Å². The number of benzene rings is 1. The Hall–Kier alpha value is -1.75. The van der Waals surface area contributed by atoms with Crippen molar-refractivity contribution in [3.8, 4) is 0 Å². The third-order valence-electron chi connectivity index (χ3n) is 2.43. The second-order valence-electron chi connectivity index (χ2n) is 3.80. The minimum absolute atomic E-state index is 0.157. The normalized spacial score (nSPS) is 12.6. The van der Waals surface area contributed by atoms with Gasteiger partial charge in [-0.05, 0) is 10.8 Å². The molecule has 1 aromatic heterocycles. The van der Waals surface area contributed by atoms with Crippen molar-refractivity contribution in [1.29, 1.82) is 0 Å². The Kier molecular flexibility index (Phi) is 3.26. The molecule has 2 aromatic rings. The quantitative estimate of drug-likeness (QED) is 0.821. The summed E-state index contributed by atoms with van der Waals surface area (Å²) in [5.41, 5.74) is 6.71. The summed E-state index contributed by atoms with van der Waals surface area (Å²) in [6.07, 6.45) is 0. The Labute approximate surface area is 94.3 Å². The molecule has 5 heteroatoms. The summed E-state index contributed by atoms with van der Waals surface area (Å²) in [6.45, 7) is 3.17. The van der Waals surface area contributed by atoms with Gasteiger partial charge < -0.3 is 5.73 Å². The molecule has 0 amide bonds. The van der Waals surface area contributed by atoms with Crippen LogP contribution in [0.3, 0.4) is 0 Å². The fourth-order valence-corrected chi connectivity index (χ4v) is 1.37. The van der Waals surface area contributed by atoms with Gasteiger partial charge in [-0.3, -0.25) is 0 Å². The molecule has 0 aliphatic rings. The summed E-state index contributed by atoms with van der Waals surface area (Å²) in [4.78, 5) is 1.59. The van der Waals surface area contributed by atoms with E-state index >= 15 is 0 Å². The zero-order valence-electron chi connectivity index (χ0n) is 9.24. The van der Waals surface area contributed by atoms with E-state index in [0.717, 1.165) is 5.56 Å². The highest BCUT2D eigenvalue weighted by atomic mass is 15.6. The maximum Gasteiger partial charge on any atom is 0.178 e. The van der Waals surface area contributed by atoms with Gasteiger partial charge in [0.05, 0.1) is 6.54 Å². The smallest absolute Gasteiger partial charge is 0.178 e. The third kappa shape index (κ3) is 2.43. The van der Waals surface area contributed by atoms with E-state index in [9.17, 15) is 0 Å².